The number of hydrogen-bond acceptors (Lipinski definition) is 4. The van der Waals surface area contributed by atoms with Gasteiger partial charge in [-0.05, 0) is 35.4 Å². The lowest BCUT2D eigenvalue weighted by Crippen LogP contribution is -2.21. The summed E-state index contributed by atoms with van der Waals surface area (Å²) >= 11 is 0. The molecule has 122 valence electrons. The molecule has 0 spiro atoms. The molecule has 2 aromatic carbocycles. The summed E-state index contributed by atoms with van der Waals surface area (Å²) in [5.41, 5.74) is 4.94. The second kappa shape index (κ2) is 5.96. The molecule has 2 aliphatic rings. The van der Waals surface area contributed by atoms with Crippen LogP contribution in [0.1, 0.15) is 0 Å². The summed E-state index contributed by atoms with van der Waals surface area (Å²) in [7, 11) is 4.17. The van der Waals surface area contributed by atoms with Gasteiger partial charge in [-0.1, -0.05) is 24.3 Å². The Hall–Kier alpha value is -2.88. The van der Waals surface area contributed by atoms with Crippen molar-refractivity contribution in [2.75, 3.05) is 37.2 Å². The van der Waals surface area contributed by atoms with E-state index >= 15 is 0 Å². The summed E-state index contributed by atoms with van der Waals surface area (Å²) in [4.78, 5) is 8.81. The van der Waals surface area contributed by atoms with Crippen molar-refractivity contribution in [3.05, 3.63) is 73.3 Å². The molecule has 0 atom stereocenters. The Morgan fingerprint density at radius 1 is 0.542 bits per heavy atom. The Morgan fingerprint density at radius 2 is 0.917 bits per heavy atom. The predicted molar refractivity (Wildman–Crippen MR) is 100 cm³/mol. The molecule has 24 heavy (non-hydrogen) atoms. The molecule has 0 unspecified atom stereocenters. The molecule has 2 aromatic rings. The van der Waals surface area contributed by atoms with Crippen LogP contribution in [0.4, 0.5) is 11.4 Å². The molecule has 4 nitrogen and oxygen atoms in total. The SMILES string of the molecule is CN1C=CN(c2ccc(-c3ccc(N4C=CN(C)C4)cc3)cc2)C1. The Labute approximate surface area is 143 Å². The Morgan fingerprint density at radius 3 is 1.21 bits per heavy atom. The molecule has 0 amide bonds. The summed E-state index contributed by atoms with van der Waals surface area (Å²) in [6.07, 6.45) is 8.42. The first-order valence-electron chi connectivity index (χ1n) is 8.20. The summed E-state index contributed by atoms with van der Waals surface area (Å²) in [6.45, 7) is 1.82. The molecule has 2 aliphatic heterocycles. The topological polar surface area (TPSA) is 13.0 Å². The summed E-state index contributed by atoms with van der Waals surface area (Å²) in [6, 6.07) is 17.5. The second-order valence-electron chi connectivity index (χ2n) is 6.43. The Balaban J connectivity index is 1.49. The minimum atomic E-state index is 0.909. The van der Waals surface area contributed by atoms with Gasteiger partial charge in [0.25, 0.3) is 0 Å². The largest absolute Gasteiger partial charge is 0.361 e. The van der Waals surface area contributed by atoms with Crippen molar-refractivity contribution in [3.8, 4) is 11.1 Å². The molecule has 0 fully saturated rings. The van der Waals surface area contributed by atoms with Crippen LogP contribution in [0.25, 0.3) is 11.1 Å². The van der Waals surface area contributed by atoms with Crippen LogP contribution in [0, 0.1) is 0 Å². The molecular weight excluding hydrogens is 296 g/mol. The van der Waals surface area contributed by atoms with E-state index in [0.717, 1.165) is 13.3 Å². The van der Waals surface area contributed by atoms with Crippen LogP contribution in [0.15, 0.2) is 73.3 Å². The fourth-order valence-corrected chi connectivity index (χ4v) is 3.08. The third-order valence-electron chi connectivity index (χ3n) is 4.48. The zero-order chi connectivity index (χ0) is 16.5. The number of hydrogen-bond donors (Lipinski definition) is 0. The number of anilines is 2. The standard InChI is InChI=1S/C20H22N4/c1-21-11-13-23(15-21)19-7-3-17(4-8-19)18-5-9-20(10-6-18)24-14-12-22(2)16-24/h3-14H,15-16H2,1-2H3. The molecule has 4 heteroatoms. The van der Waals surface area contributed by atoms with Crippen molar-refractivity contribution in [3.63, 3.8) is 0 Å². The molecule has 4 rings (SSSR count). The first-order chi connectivity index (χ1) is 11.7. The predicted octanol–water partition coefficient (Wildman–Crippen LogP) is 3.71. The smallest absolute Gasteiger partial charge is 0.0938 e. The third-order valence-corrected chi connectivity index (χ3v) is 4.48. The lowest BCUT2D eigenvalue weighted by molar-refractivity contribution is 0.495. The van der Waals surface area contributed by atoms with E-state index < -0.39 is 0 Å². The van der Waals surface area contributed by atoms with Crippen LogP contribution in [-0.4, -0.2) is 37.2 Å². The molecule has 2 heterocycles. The molecule has 0 N–H and O–H groups in total. The van der Waals surface area contributed by atoms with E-state index in [-0.39, 0.29) is 0 Å². The average Bonchev–Trinajstić information content (AvgIpc) is 3.24. The van der Waals surface area contributed by atoms with Gasteiger partial charge < -0.3 is 19.6 Å². The van der Waals surface area contributed by atoms with Gasteiger partial charge in [0.1, 0.15) is 0 Å². The van der Waals surface area contributed by atoms with Crippen molar-refractivity contribution in [2.24, 2.45) is 0 Å². The Bertz CT molecular complexity index is 694. The van der Waals surface area contributed by atoms with Crippen LogP contribution >= 0.6 is 0 Å². The lowest BCUT2D eigenvalue weighted by atomic mass is 10.0. The van der Waals surface area contributed by atoms with Gasteiger partial charge in [-0.3, -0.25) is 0 Å². The first-order valence-corrected chi connectivity index (χ1v) is 8.20. The van der Waals surface area contributed by atoms with Gasteiger partial charge in [-0.15, -0.1) is 0 Å². The van der Waals surface area contributed by atoms with Crippen LogP contribution in [-0.2, 0) is 0 Å². The molecule has 0 aliphatic carbocycles. The van der Waals surface area contributed by atoms with Crippen molar-refractivity contribution in [1.29, 1.82) is 0 Å². The highest BCUT2D eigenvalue weighted by molar-refractivity contribution is 5.69. The van der Waals surface area contributed by atoms with Gasteiger partial charge in [0.15, 0.2) is 0 Å². The highest BCUT2D eigenvalue weighted by Crippen LogP contribution is 2.27. The fourth-order valence-electron chi connectivity index (χ4n) is 3.08. The zero-order valence-corrected chi connectivity index (χ0v) is 14.1. The maximum Gasteiger partial charge on any atom is 0.0938 e. The molecule has 0 saturated carbocycles. The van der Waals surface area contributed by atoms with Crippen molar-refractivity contribution < 1.29 is 0 Å². The van der Waals surface area contributed by atoms with Gasteiger partial charge in [-0.2, -0.15) is 0 Å². The van der Waals surface area contributed by atoms with E-state index in [2.05, 4.69) is 107 Å². The van der Waals surface area contributed by atoms with E-state index in [0.29, 0.717) is 0 Å². The second-order valence-corrected chi connectivity index (χ2v) is 6.43. The van der Waals surface area contributed by atoms with Crippen molar-refractivity contribution in [2.45, 2.75) is 0 Å². The highest BCUT2D eigenvalue weighted by Gasteiger charge is 2.12. The fraction of sp³-hybridized carbons (Fsp3) is 0.200. The zero-order valence-electron chi connectivity index (χ0n) is 14.1. The van der Waals surface area contributed by atoms with Crippen LogP contribution in [0.2, 0.25) is 0 Å². The third kappa shape index (κ3) is 2.83. The van der Waals surface area contributed by atoms with Crippen LogP contribution < -0.4 is 9.80 Å². The first kappa shape index (κ1) is 14.7. The van der Waals surface area contributed by atoms with Gasteiger partial charge in [-0.25, -0.2) is 0 Å². The quantitative estimate of drug-likeness (QED) is 0.855. The molecule has 0 bridgehead atoms. The van der Waals surface area contributed by atoms with E-state index in [1.807, 2.05) is 0 Å². The molecule has 0 saturated heterocycles. The minimum absolute atomic E-state index is 0.909. The summed E-state index contributed by atoms with van der Waals surface area (Å²) in [5.74, 6) is 0. The average molecular weight is 318 g/mol. The minimum Gasteiger partial charge on any atom is -0.361 e. The van der Waals surface area contributed by atoms with Gasteiger partial charge in [0.2, 0.25) is 0 Å². The summed E-state index contributed by atoms with van der Waals surface area (Å²) in [5, 5.41) is 0. The van der Waals surface area contributed by atoms with Gasteiger partial charge >= 0.3 is 0 Å². The van der Waals surface area contributed by atoms with E-state index in [4.69, 9.17) is 0 Å². The van der Waals surface area contributed by atoms with E-state index in [1.165, 1.54) is 22.5 Å². The molecule has 0 radical (unpaired) electrons. The molecular formula is C20H22N4. The lowest BCUT2D eigenvalue weighted by Gasteiger charge is -2.19. The van der Waals surface area contributed by atoms with Crippen molar-refractivity contribution >= 4 is 11.4 Å². The molecule has 0 aromatic heterocycles. The maximum absolute atomic E-state index is 2.24. The van der Waals surface area contributed by atoms with E-state index in [1.54, 1.807) is 0 Å². The number of nitrogens with zero attached hydrogens (tertiary/aromatic N) is 4. The van der Waals surface area contributed by atoms with Crippen LogP contribution in [0.3, 0.4) is 0 Å². The van der Waals surface area contributed by atoms with Gasteiger partial charge in [0.05, 0.1) is 13.3 Å². The number of benzene rings is 2. The normalized spacial score (nSPS) is 16.6. The number of rotatable bonds is 3. The van der Waals surface area contributed by atoms with Crippen molar-refractivity contribution in [1.82, 2.24) is 9.80 Å². The maximum atomic E-state index is 2.24. The Kier molecular flexibility index (Phi) is 3.65. The highest BCUT2D eigenvalue weighted by atomic mass is 15.3. The van der Waals surface area contributed by atoms with Gasteiger partial charge in [0, 0.05) is 50.3 Å². The van der Waals surface area contributed by atoms with Crippen LogP contribution in [0.5, 0.6) is 0 Å². The summed E-state index contributed by atoms with van der Waals surface area (Å²) < 4.78 is 0. The monoisotopic (exact) mass is 318 g/mol. The van der Waals surface area contributed by atoms with E-state index in [9.17, 15) is 0 Å².